The van der Waals surface area contributed by atoms with Crippen molar-refractivity contribution in [3.63, 3.8) is 0 Å². The molecule has 0 radical (unpaired) electrons. The van der Waals surface area contributed by atoms with E-state index in [1.165, 1.54) is 46.0 Å². The number of allylic oxidation sites excluding steroid dienone is 1. The predicted molar refractivity (Wildman–Crippen MR) is 174 cm³/mol. The molecule has 7 heteroatoms. The Balaban J connectivity index is 1.14. The smallest absolute Gasteiger partial charge is 0.254 e. The molecule has 3 fully saturated rings. The van der Waals surface area contributed by atoms with Crippen LogP contribution in [0.2, 0.25) is 0 Å². The van der Waals surface area contributed by atoms with E-state index in [1.54, 1.807) is 7.11 Å². The number of likely N-dealkylation sites (tertiary alicyclic amines) is 1. The van der Waals surface area contributed by atoms with E-state index in [0.29, 0.717) is 23.1 Å². The van der Waals surface area contributed by atoms with E-state index in [-0.39, 0.29) is 18.0 Å². The number of imidazole rings is 1. The van der Waals surface area contributed by atoms with Crippen molar-refractivity contribution in [3.8, 4) is 17.3 Å². The summed E-state index contributed by atoms with van der Waals surface area (Å²) >= 11 is 0. The minimum absolute atomic E-state index is 0.0267. The van der Waals surface area contributed by atoms with Crippen LogP contribution in [0.1, 0.15) is 52.7 Å². The first-order valence-electron chi connectivity index (χ1n) is 16.0. The first kappa shape index (κ1) is 26.1. The molecule has 2 bridgehead atoms. The number of ether oxygens (including phenoxy) is 1. The van der Waals surface area contributed by atoms with Crippen molar-refractivity contribution in [1.29, 1.82) is 0 Å². The lowest BCUT2D eigenvalue weighted by atomic mass is 10.0. The van der Waals surface area contributed by atoms with Gasteiger partial charge < -0.3 is 24.5 Å². The Morgan fingerprint density at radius 3 is 2.66 bits per heavy atom. The van der Waals surface area contributed by atoms with Crippen molar-refractivity contribution in [1.82, 2.24) is 19.0 Å². The second-order valence-corrected chi connectivity index (χ2v) is 13.4. The minimum atomic E-state index is 0.0267. The molecule has 44 heavy (non-hydrogen) atoms. The van der Waals surface area contributed by atoms with Gasteiger partial charge in [0.15, 0.2) is 5.82 Å². The van der Waals surface area contributed by atoms with Crippen LogP contribution in [0.25, 0.3) is 45.1 Å². The summed E-state index contributed by atoms with van der Waals surface area (Å²) in [6.45, 7) is 1.72. The standard InChI is InChI=1S/C37H37N5O2/c1-40-35-29(16-28(18-33(35)44-2)37(43)42-20-25-10-12-31(42)34(25)38)39-36(40)32-17-27-15-24(9-11-30(27)41(32)19-21-7-8-21)26-13-22-5-3-4-6-23(22)14-26/h3-6,9,11,13,15-18,21,25,31,34H,7-8,10,12,14,19-20,38H2,1-2H3/t25-,31?,34-/m1/s1. The van der Waals surface area contributed by atoms with Gasteiger partial charge in [-0.2, -0.15) is 0 Å². The quantitative estimate of drug-likeness (QED) is 0.256. The van der Waals surface area contributed by atoms with Gasteiger partial charge in [0.1, 0.15) is 11.3 Å². The topological polar surface area (TPSA) is 78.3 Å². The molecule has 2 aromatic heterocycles. The molecule has 2 N–H and O–H groups in total. The van der Waals surface area contributed by atoms with Crippen LogP contribution in [0.4, 0.5) is 0 Å². The van der Waals surface area contributed by atoms with Gasteiger partial charge in [0.05, 0.1) is 18.3 Å². The Morgan fingerprint density at radius 1 is 1.05 bits per heavy atom. The lowest BCUT2D eigenvalue weighted by molar-refractivity contribution is 0.0700. The van der Waals surface area contributed by atoms with Crippen LogP contribution in [0.5, 0.6) is 5.75 Å². The lowest BCUT2D eigenvalue weighted by Crippen LogP contribution is -2.41. The maximum Gasteiger partial charge on any atom is 0.254 e. The number of piperidine rings is 1. The molecule has 7 nitrogen and oxygen atoms in total. The third-order valence-electron chi connectivity index (χ3n) is 10.7. The molecule has 3 aromatic carbocycles. The Kier molecular flexibility index (Phi) is 5.67. The fourth-order valence-electron chi connectivity index (χ4n) is 8.14. The van der Waals surface area contributed by atoms with Crippen LogP contribution in [0.3, 0.4) is 0 Å². The zero-order chi connectivity index (χ0) is 29.7. The van der Waals surface area contributed by atoms with E-state index in [0.717, 1.165) is 54.9 Å². The average Bonchev–Trinajstić information content (AvgIpc) is 3.31. The molecule has 2 saturated carbocycles. The molecule has 1 amide bonds. The number of carbonyl (C=O) groups excluding carboxylic acids is 1. The molecule has 0 spiro atoms. The Bertz CT molecular complexity index is 2030. The van der Waals surface area contributed by atoms with Crippen LogP contribution >= 0.6 is 0 Å². The largest absolute Gasteiger partial charge is 0.494 e. The first-order valence-corrected chi connectivity index (χ1v) is 16.0. The van der Waals surface area contributed by atoms with Gasteiger partial charge in [-0.1, -0.05) is 36.4 Å². The molecule has 3 atom stereocenters. The van der Waals surface area contributed by atoms with Crippen LogP contribution in [0, 0.1) is 11.8 Å². The minimum Gasteiger partial charge on any atom is -0.494 e. The summed E-state index contributed by atoms with van der Waals surface area (Å²) in [4.78, 5) is 20.9. The van der Waals surface area contributed by atoms with Crippen molar-refractivity contribution in [2.45, 2.75) is 50.7 Å². The molecule has 4 aliphatic rings. The number of nitrogens with two attached hydrogens (primary N) is 1. The summed E-state index contributed by atoms with van der Waals surface area (Å²) in [5.41, 5.74) is 16.4. The number of fused-ring (bicyclic) bond motifs is 5. The summed E-state index contributed by atoms with van der Waals surface area (Å²) in [6.07, 6.45) is 7.94. The van der Waals surface area contributed by atoms with E-state index in [1.807, 2.05) is 17.0 Å². The first-order chi connectivity index (χ1) is 21.5. The van der Waals surface area contributed by atoms with Gasteiger partial charge in [0.2, 0.25) is 0 Å². The monoisotopic (exact) mass is 583 g/mol. The van der Waals surface area contributed by atoms with Crippen LogP contribution in [-0.4, -0.2) is 50.7 Å². The van der Waals surface area contributed by atoms with Gasteiger partial charge in [-0.25, -0.2) is 4.98 Å². The van der Waals surface area contributed by atoms with Gasteiger partial charge in [-0.15, -0.1) is 0 Å². The number of benzene rings is 3. The van der Waals surface area contributed by atoms with Gasteiger partial charge in [0.25, 0.3) is 5.91 Å². The number of amides is 1. The van der Waals surface area contributed by atoms with Gasteiger partial charge >= 0.3 is 0 Å². The second-order valence-electron chi connectivity index (χ2n) is 13.4. The fourth-order valence-corrected chi connectivity index (χ4v) is 8.14. The normalized spacial score (nSPS) is 22.3. The van der Waals surface area contributed by atoms with Crippen molar-refractivity contribution in [3.05, 3.63) is 82.9 Å². The number of hydrogen-bond donors (Lipinski definition) is 1. The molecule has 1 aliphatic heterocycles. The van der Waals surface area contributed by atoms with Gasteiger partial charge in [0, 0.05) is 48.7 Å². The number of nitrogens with zero attached hydrogens (tertiary/aromatic N) is 4. The van der Waals surface area contributed by atoms with Gasteiger partial charge in [-0.05, 0) is 96.5 Å². The highest BCUT2D eigenvalue weighted by Gasteiger charge is 2.47. The maximum absolute atomic E-state index is 13.7. The summed E-state index contributed by atoms with van der Waals surface area (Å²) in [6, 6.07) is 21.9. The maximum atomic E-state index is 13.7. The summed E-state index contributed by atoms with van der Waals surface area (Å²) in [7, 11) is 3.73. The van der Waals surface area contributed by atoms with Crippen molar-refractivity contribution >= 4 is 39.5 Å². The fraction of sp³-hybridized carbons (Fsp3) is 0.351. The molecule has 222 valence electrons. The predicted octanol–water partition coefficient (Wildman–Crippen LogP) is 6.27. The highest BCUT2D eigenvalue weighted by atomic mass is 16.5. The van der Waals surface area contributed by atoms with Crippen molar-refractivity contribution in [2.24, 2.45) is 24.6 Å². The van der Waals surface area contributed by atoms with Crippen LogP contribution < -0.4 is 10.5 Å². The number of aryl methyl sites for hydroxylation is 1. The Hall–Kier alpha value is -4.36. The van der Waals surface area contributed by atoms with E-state index in [2.05, 4.69) is 70.8 Å². The molecule has 3 aliphatic carbocycles. The van der Waals surface area contributed by atoms with Crippen LogP contribution in [-0.2, 0) is 20.0 Å². The Labute approximate surface area is 256 Å². The zero-order valence-electron chi connectivity index (χ0n) is 25.3. The van der Waals surface area contributed by atoms with E-state index < -0.39 is 0 Å². The summed E-state index contributed by atoms with van der Waals surface area (Å²) in [5, 5.41) is 1.23. The summed E-state index contributed by atoms with van der Waals surface area (Å²) in [5.74, 6) is 2.69. The molecule has 1 unspecified atom stereocenters. The van der Waals surface area contributed by atoms with E-state index >= 15 is 0 Å². The number of aromatic nitrogens is 3. The molecule has 5 aromatic rings. The Morgan fingerprint density at radius 2 is 1.91 bits per heavy atom. The third kappa shape index (κ3) is 3.91. The molecule has 1 saturated heterocycles. The molecule has 9 rings (SSSR count). The lowest BCUT2D eigenvalue weighted by Gasteiger charge is -2.27. The number of hydrogen-bond acceptors (Lipinski definition) is 4. The number of carbonyl (C=O) groups is 1. The molecular formula is C37H37N5O2. The van der Waals surface area contributed by atoms with E-state index in [9.17, 15) is 4.79 Å². The second kappa shape index (κ2) is 9.57. The zero-order valence-corrected chi connectivity index (χ0v) is 25.3. The number of rotatable bonds is 6. The summed E-state index contributed by atoms with van der Waals surface area (Å²) < 4.78 is 10.5. The van der Waals surface area contributed by atoms with E-state index in [4.69, 9.17) is 15.5 Å². The van der Waals surface area contributed by atoms with Crippen molar-refractivity contribution < 1.29 is 9.53 Å². The highest BCUT2D eigenvalue weighted by Crippen LogP contribution is 2.41. The SMILES string of the molecule is COc1cc(C(=O)N2C[C@H]3CCC2[C@@H]3N)cc2nc(-c3cc4cc(C5=Cc6ccccc6C5)ccc4n3CC3CC3)n(C)c12. The number of methoxy groups -OCH3 is 1. The highest BCUT2D eigenvalue weighted by molar-refractivity contribution is 6.01. The molecule has 3 heterocycles. The average molecular weight is 584 g/mol. The third-order valence-corrected chi connectivity index (χ3v) is 10.7. The van der Waals surface area contributed by atoms with Crippen LogP contribution in [0.15, 0.2) is 60.7 Å². The molecular weight excluding hydrogens is 546 g/mol. The van der Waals surface area contributed by atoms with Crippen molar-refractivity contribution in [2.75, 3.05) is 13.7 Å². The van der Waals surface area contributed by atoms with Gasteiger partial charge in [-0.3, -0.25) is 4.79 Å².